The van der Waals surface area contributed by atoms with Crippen LogP contribution in [-0.4, -0.2) is 11.9 Å². The van der Waals surface area contributed by atoms with Crippen molar-refractivity contribution >= 4 is 34.5 Å². The summed E-state index contributed by atoms with van der Waals surface area (Å²) in [5.74, 6) is -0.228. The standard InChI is InChI=1S/C15H17ClN2OS/c1-9(8-11-7-6-10(2)20-11)18-15(19)14-12(16)4-3-5-13(14)17/h3-7,9H,8,17H2,1-2H3,(H,18,19). The van der Waals surface area contributed by atoms with E-state index in [2.05, 4.69) is 24.4 Å². The molecule has 0 aliphatic heterocycles. The van der Waals surface area contributed by atoms with E-state index < -0.39 is 0 Å². The summed E-state index contributed by atoms with van der Waals surface area (Å²) in [6.45, 7) is 4.04. The summed E-state index contributed by atoms with van der Waals surface area (Å²) in [7, 11) is 0. The van der Waals surface area contributed by atoms with Crippen molar-refractivity contribution in [1.29, 1.82) is 0 Å². The van der Waals surface area contributed by atoms with Gasteiger partial charge in [-0.25, -0.2) is 0 Å². The van der Waals surface area contributed by atoms with Crippen LogP contribution in [0.25, 0.3) is 0 Å². The van der Waals surface area contributed by atoms with Crippen LogP contribution in [0.4, 0.5) is 5.69 Å². The maximum absolute atomic E-state index is 12.2. The fraction of sp³-hybridized carbons (Fsp3) is 0.267. The molecule has 0 saturated carbocycles. The summed E-state index contributed by atoms with van der Waals surface area (Å²) < 4.78 is 0. The number of nitrogen functional groups attached to an aromatic ring is 1. The molecule has 0 spiro atoms. The number of benzene rings is 1. The molecule has 3 nitrogen and oxygen atoms in total. The lowest BCUT2D eigenvalue weighted by Gasteiger charge is -2.14. The van der Waals surface area contributed by atoms with Crippen molar-refractivity contribution in [3.05, 3.63) is 50.7 Å². The zero-order chi connectivity index (χ0) is 14.7. The molecule has 0 bridgehead atoms. The number of anilines is 1. The van der Waals surface area contributed by atoms with Crippen LogP contribution in [-0.2, 0) is 6.42 Å². The maximum atomic E-state index is 12.2. The Kier molecular flexibility index (Phi) is 4.68. The molecule has 0 fully saturated rings. The third-order valence-corrected chi connectivity index (χ3v) is 4.29. The molecule has 5 heteroatoms. The third-order valence-electron chi connectivity index (χ3n) is 2.95. The lowest BCUT2D eigenvalue weighted by atomic mass is 10.1. The van der Waals surface area contributed by atoms with E-state index in [0.717, 1.165) is 6.42 Å². The number of hydrogen-bond donors (Lipinski definition) is 2. The van der Waals surface area contributed by atoms with Gasteiger partial charge in [0.2, 0.25) is 0 Å². The summed E-state index contributed by atoms with van der Waals surface area (Å²) >= 11 is 7.78. The number of nitrogens with two attached hydrogens (primary N) is 1. The van der Waals surface area contributed by atoms with E-state index in [9.17, 15) is 4.79 Å². The van der Waals surface area contributed by atoms with Crippen molar-refractivity contribution in [3.63, 3.8) is 0 Å². The molecule has 106 valence electrons. The Morgan fingerprint density at radius 3 is 2.75 bits per heavy atom. The number of thiophene rings is 1. The number of amides is 1. The van der Waals surface area contributed by atoms with Gasteiger partial charge in [0.1, 0.15) is 0 Å². The van der Waals surface area contributed by atoms with Gasteiger partial charge in [0.05, 0.1) is 10.6 Å². The minimum atomic E-state index is -0.228. The predicted octanol–water partition coefficient (Wildman–Crippen LogP) is 3.65. The fourth-order valence-electron chi connectivity index (χ4n) is 2.02. The van der Waals surface area contributed by atoms with E-state index in [1.54, 1.807) is 29.5 Å². The normalized spacial score (nSPS) is 12.2. The third kappa shape index (κ3) is 3.52. The Bertz CT molecular complexity index is 604. The van der Waals surface area contributed by atoms with Gasteiger partial charge in [-0.05, 0) is 38.1 Å². The molecule has 1 heterocycles. The molecule has 2 aromatic rings. The Labute approximate surface area is 127 Å². The molecule has 0 saturated heterocycles. The molecule has 0 radical (unpaired) electrons. The van der Waals surface area contributed by atoms with Crippen LogP contribution >= 0.6 is 22.9 Å². The average molecular weight is 309 g/mol. The van der Waals surface area contributed by atoms with Gasteiger partial charge in [-0.3, -0.25) is 4.79 Å². The Balaban J connectivity index is 2.04. The Morgan fingerprint density at radius 1 is 1.40 bits per heavy atom. The number of nitrogens with one attached hydrogen (secondary N) is 1. The summed E-state index contributed by atoms with van der Waals surface area (Å²) in [6.07, 6.45) is 0.800. The molecule has 1 unspecified atom stereocenters. The van der Waals surface area contributed by atoms with Crippen molar-refractivity contribution in [2.75, 3.05) is 5.73 Å². The molecular formula is C15H17ClN2OS. The van der Waals surface area contributed by atoms with Gasteiger partial charge in [-0.15, -0.1) is 11.3 Å². The predicted molar refractivity (Wildman–Crippen MR) is 85.6 cm³/mol. The Morgan fingerprint density at radius 2 is 2.15 bits per heavy atom. The minimum Gasteiger partial charge on any atom is -0.398 e. The molecule has 1 amide bonds. The SMILES string of the molecule is Cc1ccc(CC(C)NC(=O)c2c(N)cccc2Cl)s1. The van der Waals surface area contributed by atoms with Crippen molar-refractivity contribution in [2.24, 2.45) is 0 Å². The number of aryl methyl sites for hydroxylation is 1. The number of carbonyl (C=O) groups is 1. The highest BCUT2D eigenvalue weighted by Crippen LogP contribution is 2.22. The van der Waals surface area contributed by atoms with E-state index in [1.165, 1.54) is 9.75 Å². The second-order valence-corrected chi connectivity index (χ2v) is 6.57. The Hall–Kier alpha value is -1.52. The number of hydrogen-bond acceptors (Lipinski definition) is 3. The van der Waals surface area contributed by atoms with Gasteiger partial charge in [0, 0.05) is 27.9 Å². The summed E-state index contributed by atoms with van der Waals surface area (Å²) in [5.41, 5.74) is 6.56. The molecule has 20 heavy (non-hydrogen) atoms. The zero-order valence-corrected chi connectivity index (χ0v) is 13.0. The molecule has 1 atom stereocenters. The maximum Gasteiger partial charge on any atom is 0.255 e. The van der Waals surface area contributed by atoms with Gasteiger partial charge in [-0.2, -0.15) is 0 Å². The van der Waals surface area contributed by atoms with E-state index in [0.29, 0.717) is 16.3 Å². The fourth-order valence-corrected chi connectivity index (χ4v) is 3.31. The van der Waals surface area contributed by atoms with Crippen LogP contribution in [0.5, 0.6) is 0 Å². The molecule has 1 aromatic carbocycles. The molecule has 1 aromatic heterocycles. The van der Waals surface area contributed by atoms with Crippen LogP contribution < -0.4 is 11.1 Å². The quantitative estimate of drug-likeness (QED) is 0.847. The minimum absolute atomic E-state index is 0.0243. The lowest BCUT2D eigenvalue weighted by molar-refractivity contribution is 0.0941. The molecule has 0 aliphatic carbocycles. The topological polar surface area (TPSA) is 55.1 Å². The first-order valence-corrected chi connectivity index (χ1v) is 7.57. The average Bonchev–Trinajstić information content (AvgIpc) is 2.74. The second kappa shape index (κ2) is 6.29. The van der Waals surface area contributed by atoms with Crippen LogP contribution in [0.3, 0.4) is 0 Å². The highest BCUT2D eigenvalue weighted by Gasteiger charge is 2.16. The van der Waals surface area contributed by atoms with E-state index in [1.807, 2.05) is 6.92 Å². The van der Waals surface area contributed by atoms with Gasteiger partial charge in [-0.1, -0.05) is 17.7 Å². The van der Waals surface area contributed by atoms with Crippen LogP contribution in [0.15, 0.2) is 30.3 Å². The van der Waals surface area contributed by atoms with Gasteiger partial charge in [0.15, 0.2) is 0 Å². The van der Waals surface area contributed by atoms with Gasteiger partial charge in [0.25, 0.3) is 5.91 Å². The molecule has 0 aliphatic rings. The first kappa shape index (κ1) is 14.9. The van der Waals surface area contributed by atoms with Gasteiger partial charge >= 0.3 is 0 Å². The summed E-state index contributed by atoms with van der Waals surface area (Å²) in [6, 6.07) is 9.27. The van der Waals surface area contributed by atoms with Gasteiger partial charge < -0.3 is 11.1 Å². The smallest absolute Gasteiger partial charge is 0.255 e. The molecule has 3 N–H and O–H groups in total. The summed E-state index contributed by atoms with van der Waals surface area (Å²) in [4.78, 5) is 14.7. The van der Waals surface area contributed by atoms with E-state index >= 15 is 0 Å². The first-order valence-electron chi connectivity index (χ1n) is 6.37. The van der Waals surface area contributed by atoms with Crippen molar-refractivity contribution < 1.29 is 4.79 Å². The van der Waals surface area contributed by atoms with Crippen molar-refractivity contribution in [1.82, 2.24) is 5.32 Å². The first-order chi connectivity index (χ1) is 9.47. The van der Waals surface area contributed by atoms with E-state index in [4.69, 9.17) is 17.3 Å². The highest BCUT2D eigenvalue weighted by atomic mass is 35.5. The lowest BCUT2D eigenvalue weighted by Crippen LogP contribution is -2.34. The monoisotopic (exact) mass is 308 g/mol. The number of halogens is 1. The van der Waals surface area contributed by atoms with Crippen LogP contribution in [0.2, 0.25) is 5.02 Å². The largest absolute Gasteiger partial charge is 0.398 e. The van der Waals surface area contributed by atoms with Crippen molar-refractivity contribution in [3.8, 4) is 0 Å². The molecular weight excluding hydrogens is 292 g/mol. The number of carbonyl (C=O) groups excluding carboxylic acids is 1. The zero-order valence-electron chi connectivity index (χ0n) is 11.4. The van der Waals surface area contributed by atoms with Crippen molar-refractivity contribution in [2.45, 2.75) is 26.3 Å². The molecule has 2 rings (SSSR count). The summed E-state index contributed by atoms with van der Waals surface area (Å²) in [5, 5.41) is 3.32. The number of rotatable bonds is 4. The van der Waals surface area contributed by atoms with E-state index in [-0.39, 0.29) is 11.9 Å². The van der Waals surface area contributed by atoms with Crippen LogP contribution in [0.1, 0.15) is 27.0 Å². The van der Waals surface area contributed by atoms with Crippen LogP contribution in [0, 0.1) is 6.92 Å². The highest BCUT2D eigenvalue weighted by molar-refractivity contribution is 7.11. The second-order valence-electron chi connectivity index (χ2n) is 4.80.